The summed E-state index contributed by atoms with van der Waals surface area (Å²) in [5, 5.41) is 12.2. The molecule has 1 saturated heterocycles. The number of anilines is 1. The molecule has 0 aliphatic carbocycles. The summed E-state index contributed by atoms with van der Waals surface area (Å²) in [5.74, 6) is -1.19. The molecule has 0 bridgehead atoms. The SMILES string of the molecule is CC1(C(=O)Nc2nc3ccc(C(=O)O)cc3s2)CCCO1. The predicted molar refractivity (Wildman–Crippen MR) is 78.8 cm³/mol. The fraction of sp³-hybridized carbons (Fsp3) is 0.357. The molecule has 2 aromatic rings. The van der Waals surface area contributed by atoms with Crippen molar-refractivity contribution in [1.29, 1.82) is 0 Å². The van der Waals surface area contributed by atoms with E-state index in [0.717, 1.165) is 11.1 Å². The van der Waals surface area contributed by atoms with Gasteiger partial charge >= 0.3 is 5.97 Å². The van der Waals surface area contributed by atoms with Crippen LogP contribution in [0, 0.1) is 0 Å². The van der Waals surface area contributed by atoms with Gasteiger partial charge in [-0.3, -0.25) is 10.1 Å². The Hall–Kier alpha value is -1.99. The highest BCUT2D eigenvalue weighted by molar-refractivity contribution is 7.22. The normalized spacial score (nSPS) is 21.6. The van der Waals surface area contributed by atoms with Crippen molar-refractivity contribution in [3.05, 3.63) is 23.8 Å². The Kier molecular flexibility index (Phi) is 3.38. The average Bonchev–Trinajstić information content (AvgIpc) is 3.04. The molecule has 2 heterocycles. The monoisotopic (exact) mass is 306 g/mol. The molecule has 1 aliphatic heterocycles. The molecular weight excluding hydrogens is 292 g/mol. The maximum Gasteiger partial charge on any atom is 0.335 e. The van der Waals surface area contributed by atoms with Crippen LogP contribution in [-0.2, 0) is 9.53 Å². The van der Waals surface area contributed by atoms with Gasteiger partial charge in [0, 0.05) is 6.61 Å². The van der Waals surface area contributed by atoms with E-state index in [1.54, 1.807) is 19.1 Å². The van der Waals surface area contributed by atoms with Crippen LogP contribution in [0.4, 0.5) is 5.13 Å². The second-order valence-electron chi connectivity index (χ2n) is 5.14. The van der Waals surface area contributed by atoms with Gasteiger partial charge in [0.15, 0.2) is 5.13 Å². The van der Waals surface area contributed by atoms with Gasteiger partial charge in [-0.05, 0) is 38.0 Å². The molecule has 7 heteroatoms. The van der Waals surface area contributed by atoms with Gasteiger partial charge in [0.2, 0.25) is 0 Å². The molecule has 2 N–H and O–H groups in total. The zero-order valence-corrected chi connectivity index (χ0v) is 12.2. The summed E-state index contributed by atoms with van der Waals surface area (Å²) in [6.45, 7) is 2.36. The van der Waals surface area contributed by atoms with Crippen LogP contribution in [0.1, 0.15) is 30.1 Å². The topological polar surface area (TPSA) is 88.5 Å². The molecule has 0 saturated carbocycles. The van der Waals surface area contributed by atoms with E-state index < -0.39 is 11.6 Å². The summed E-state index contributed by atoms with van der Waals surface area (Å²) in [6, 6.07) is 4.69. The Balaban J connectivity index is 1.84. The van der Waals surface area contributed by atoms with Crippen LogP contribution in [0.5, 0.6) is 0 Å². The third-order valence-electron chi connectivity index (χ3n) is 3.55. The molecule has 0 radical (unpaired) electrons. The molecule has 0 spiro atoms. The number of hydrogen-bond donors (Lipinski definition) is 2. The lowest BCUT2D eigenvalue weighted by atomic mass is 10.0. The summed E-state index contributed by atoms with van der Waals surface area (Å²) >= 11 is 1.25. The van der Waals surface area contributed by atoms with Crippen LogP contribution < -0.4 is 5.32 Å². The number of carboxylic acid groups (broad SMARTS) is 1. The fourth-order valence-corrected chi connectivity index (χ4v) is 3.20. The van der Waals surface area contributed by atoms with Crippen molar-refractivity contribution in [2.75, 3.05) is 11.9 Å². The lowest BCUT2D eigenvalue weighted by Crippen LogP contribution is -2.39. The minimum atomic E-state index is -0.984. The van der Waals surface area contributed by atoms with E-state index in [1.165, 1.54) is 17.4 Å². The van der Waals surface area contributed by atoms with Crippen molar-refractivity contribution in [3.8, 4) is 0 Å². The van der Waals surface area contributed by atoms with Gasteiger partial charge in [0.1, 0.15) is 5.60 Å². The number of ether oxygens (including phenoxy) is 1. The number of carboxylic acids is 1. The number of nitrogens with one attached hydrogen (secondary N) is 1. The highest BCUT2D eigenvalue weighted by atomic mass is 32.1. The Morgan fingerprint density at radius 2 is 2.29 bits per heavy atom. The summed E-state index contributed by atoms with van der Waals surface area (Å²) < 4.78 is 6.21. The standard InChI is InChI=1S/C14H14N2O4S/c1-14(5-2-6-20-14)12(19)16-13-15-9-4-3-8(11(17)18)7-10(9)21-13/h3-4,7H,2,5-6H2,1H3,(H,17,18)(H,15,16,19). The van der Waals surface area contributed by atoms with Gasteiger partial charge < -0.3 is 9.84 Å². The first-order valence-electron chi connectivity index (χ1n) is 6.57. The number of amides is 1. The molecular formula is C14H14N2O4S. The van der Waals surface area contributed by atoms with Crippen molar-refractivity contribution < 1.29 is 19.4 Å². The highest BCUT2D eigenvalue weighted by Gasteiger charge is 2.38. The second kappa shape index (κ2) is 5.09. The first-order valence-corrected chi connectivity index (χ1v) is 7.39. The molecule has 1 atom stereocenters. The number of nitrogens with zero attached hydrogens (tertiary/aromatic N) is 1. The first kappa shape index (κ1) is 14.0. The largest absolute Gasteiger partial charge is 0.478 e. The van der Waals surface area contributed by atoms with E-state index in [0.29, 0.717) is 23.7 Å². The fourth-order valence-electron chi connectivity index (χ4n) is 2.30. The summed E-state index contributed by atoms with van der Waals surface area (Å²) in [5.41, 5.74) is 0.0669. The molecule has 6 nitrogen and oxygen atoms in total. The van der Waals surface area contributed by atoms with Crippen LogP contribution in [0.25, 0.3) is 10.2 Å². The molecule has 3 rings (SSSR count). The Labute approximate surface area is 124 Å². The summed E-state index contributed by atoms with van der Waals surface area (Å²) in [6.07, 6.45) is 1.55. The number of aromatic carboxylic acids is 1. The number of thiazole rings is 1. The van der Waals surface area contributed by atoms with Crippen molar-refractivity contribution >= 4 is 38.6 Å². The Morgan fingerprint density at radius 1 is 1.48 bits per heavy atom. The average molecular weight is 306 g/mol. The number of aromatic nitrogens is 1. The number of benzene rings is 1. The molecule has 1 aromatic carbocycles. The summed E-state index contributed by atoms with van der Waals surface area (Å²) in [7, 11) is 0. The molecule has 1 amide bonds. The Bertz CT molecular complexity index is 719. The molecule has 110 valence electrons. The van der Waals surface area contributed by atoms with Crippen LogP contribution in [0.3, 0.4) is 0 Å². The molecule has 1 aliphatic rings. The van der Waals surface area contributed by atoms with E-state index in [9.17, 15) is 9.59 Å². The minimum absolute atomic E-state index is 0.204. The van der Waals surface area contributed by atoms with E-state index in [2.05, 4.69) is 10.3 Å². The zero-order chi connectivity index (χ0) is 15.0. The van der Waals surface area contributed by atoms with Gasteiger partial charge in [0.25, 0.3) is 5.91 Å². The quantitative estimate of drug-likeness (QED) is 0.909. The molecule has 1 unspecified atom stereocenters. The lowest BCUT2D eigenvalue weighted by molar-refractivity contribution is -0.133. The van der Waals surface area contributed by atoms with Crippen LogP contribution in [0.15, 0.2) is 18.2 Å². The minimum Gasteiger partial charge on any atom is -0.478 e. The van der Waals surface area contributed by atoms with Gasteiger partial charge in [-0.25, -0.2) is 9.78 Å². The number of carbonyl (C=O) groups excluding carboxylic acids is 1. The third kappa shape index (κ3) is 2.62. The van der Waals surface area contributed by atoms with Crippen LogP contribution >= 0.6 is 11.3 Å². The van der Waals surface area contributed by atoms with E-state index >= 15 is 0 Å². The van der Waals surface area contributed by atoms with Gasteiger partial charge in [-0.15, -0.1) is 0 Å². The van der Waals surface area contributed by atoms with Crippen LogP contribution in [0.2, 0.25) is 0 Å². The van der Waals surface area contributed by atoms with E-state index in [4.69, 9.17) is 9.84 Å². The van der Waals surface area contributed by atoms with Gasteiger partial charge in [0.05, 0.1) is 15.8 Å². The second-order valence-corrected chi connectivity index (χ2v) is 6.17. The van der Waals surface area contributed by atoms with Crippen LogP contribution in [-0.4, -0.2) is 34.2 Å². The van der Waals surface area contributed by atoms with Crippen molar-refractivity contribution in [2.24, 2.45) is 0 Å². The third-order valence-corrected chi connectivity index (χ3v) is 4.49. The maximum atomic E-state index is 12.2. The number of rotatable bonds is 3. The van der Waals surface area contributed by atoms with Gasteiger partial charge in [-0.1, -0.05) is 11.3 Å². The van der Waals surface area contributed by atoms with Crippen molar-refractivity contribution in [1.82, 2.24) is 4.98 Å². The lowest BCUT2D eigenvalue weighted by Gasteiger charge is -2.20. The van der Waals surface area contributed by atoms with E-state index in [-0.39, 0.29) is 11.5 Å². The molecule has 1 aromatic heterocycles. The number of fused-ring (bicyclic) bond motifs is 1. The zero-order valence-electron chi connectivity index (χ0n) is 11.4. The smallest absolute Gasteiger partial charge is 0.335 e. The first-order chi connectivity index (χ1) is 9.98. The van der Waals surface area contributed by atoms with Crippen molar-refractivity contribution in [3.63, 3.8) is 0 Å². The molecule has 21 heavy (non-hydrogen) atoms. The van der Waals surface area contributed by atoms with E-state index in [1.807, 2.05) is 0 Å². The predicted octanol–water partition coefficient (Wildman–Crippen LogP) is 2.50. The van der Waals surface area contributed by atoms with Gasteiger partial charge in [-0.2, -0.15) is 0 Å². The number of hydrogen-bond acceptors (Lipinski definition) is 5. The summed E-state index contributed by atoms with van der Waals surface area (Å²) in [4.78, 5) is 27.5. The Morgan fingerprint density at radius 3 is 2.95 bits per heavy atom. The number of carbonyl (C=O) groups is 2. The highest BCUT2D eigenvalue weighted by Crippen LogP contribution is 2.30. The molecule has 1 fully saturated rings. The maximum absolute atomic E-state index is 12.2. The van der Waals surface area contributed by atoms with Crippen molar-refractivity contribution in [2.45, 2.75) is 25.4 Å².